The van der Waals surface area contributed by atoms with Crippen molar-refractivity contribution in [1.29, 1.82) is 0 Å². The minimum atomic E-state index is -0.252. The summed E-state index contributed by atoms with van der Waals surface area (Å²) in [6.45, 7) is 0.490. The maximum Gasteiger partial charge on any atom is 0.141 e. The molecule has 3 aromatic carbocycles. The van der Waals surface area contributed by atoms with E-state index >= 15 is 0 Å². The first-order chi connectivity index (χ1) is 18.6. The molecule has 0 saturated heterocycles. The molecule has 0 fully saturated rings. The molecule has 9 heteroatoms. The molecule has 0 radical (unpaired) electrons. The molecule has 0 amide bonds. The highest BCUT2D eigenvalue weighted by molar-refractivity contribution is 7.98. The number of rotatable bonds is 8. The van der Waals surface area contributed by atoms with E-state index in [0.29, 0.717) is 12.4 Å². The summed E-state index contributed by atoms with van der Waals surface area (Å²) in [7, 11) is 0. The smallest absolute Gasteiger partial charge is 0.141 e. The lowest BCUT2D eigenvalue weighted by molar-refractivity contribution is 0.494. The molecule has 3 aromatic heterocycles. The second-order valence-corrected chi connectivity index (χ2v) is 9.96. The van der Waals surface area contributed by atoms with E-state index in [2.05, 4.69) is 20.4 Å². The summed E-state index contributed by atoms with van der Waals surface area (Å²) in [5, 5.41) is 9.78. The van der Waals surface area contributed by atoms with Gasteiger partial charge in [0.1, 0.15) is 29.5 Å². The lowest BCUT2D eigenvalue weighted by atomic mass is 10.1. The molecule has 0 bridgehead atoms. The maximum absolute atomic E-state index is 13.6. The van der Waals surface area contributed by atoms with Crippen LogP contribution in [0.5, 0.6) is 0 Å². The van der Waals surface area contributed by atoms with Crippen LogP contribution < -0.4 is 11.1 Å². The zero-order valence-corrected chi connectivity index (χ0v) is 21.5. The number of thioether (sulfide) groups is 1. The number of benzene rings is 3. The van der Waals surface area contributed by atoms with Crippen molar-refractivity contribution in [3.8, 4) is 11.3 Å². The highest BCUT2D eigenvalue weighted by Crippen LogP contribution is 2.31. The predicted octanol–water partition coefficient (Wildman–Crippen LogP) is 6.53. The fraction of sp³-hybridized carbons (Fsp3) is 0.138. The highest BCUT2D eigenvalue weighted by Gasteiger charge is 2.14. The Balaban J connectivity index is 1.28. The van der Waals surface area contributed by atoms with E-state index < -0.39 is 0 Å². The second kappa shape index (κ2) is 10.3. The number of nitrogens with two attached hydrogens (primary N) is 1. The van der Waals surface area contributed by atoms with Crippen molar-refractivity contribution in [2.75, 3.05) is 17.3 Å². The third kappa shape index (κ3) is 4.85. The molecule has 190 valence electrons. The van der Waals surface area contributed by atoms with Gasteiger partial charge in [-0.25, -0.2) is 14.4 Å². The van der Waals surface area contributed by atoms with E-state index in [9.17, 15) is 4.39 Å². The summed E-state index contributed by atoms with van der Waals surface area (Å²) in [4.78, 5) is 8.94. The molecule has 38 heavy (non-hydrogen) atoms. The molecule has 0 spiro atoms. The Kier molecular flexibility index (Phi) is 6.53. The van der Waals surface area contributed by atoms with Crippen LogP contribution in [0.2, 0.25) is 0 Å². The topological polar surface area (TPSA) is 94.8 Å². The Morgan fingerprint density at radius 1 is 1.05 bits per heavy atom. The maximum atomic E-state index is 13.6. The summed E-state index contributed by atoms with van der Waals surface area (Å²) in [5.74, 6) is 2.75. The zero-order valence-electron chi connectivity index (χ0n) is 20.6. The molecular weight excluding hydrogens is 499 g/mol. The normalized spacial score (nSPS) is 12.3. The van der Waals surface area contributed by atoms with E-state index in [1.165, 1.54) is 12.1 Å². The van der Waals surface area contributed by atoms with Crippen LogP contribution in [0, 0.1) is 5.82 Å². The van der Waals surface area contributed by atoms with Gasteiger partial charge in [0, 0.05) is 27.8 Å². The molecule has 6 rings (SSSR count). The number of fused-ring (bicyclic) bond motifs is 2. The number of nitrogens with one attached hydrogen (secondary N) is 1. The number of anilines is 2. The van der Waals surface area contributed by atoms with Gasteiger partial charge in [-0.05, 0) is 72.5 Å². The fourth-order valence-corrected chi connectivity index (χ4v) is 5.04. The first kappa shape index (κ1) is 24.1. The van der Waals surface area contributed by atoms with E-state index in [1.54, 1.807) is 24.2 Å². The number of hydrogen-bond donors (Lipinski definition) is 2. The number of furan rings is 1. The van der Waals surface area contributed by atoms with Crippen molar-refractivity contribution in [3.63, 3.8) is 0 Å². The molecule has 6 aromatic rings. The molecule has 3 N–H and O–H groups in total. The van der Waals surface area contributed by atoms with Crippen LogP contribution in [0.25, 0.3) is 33.1 Å². The Hall–Kier alpha value is -4.21. The van der Waals surface area contributed by atoms with E-state index in [-0.39, 0.29) is 11.9 Å². The SMILES string of the molecule is CSC[C@@H](N)c1ccc(-c2ccc3ncnc(Nc4ccc5c(cnn5Cc5cccc(F)c5)c4)c3c2)o1. The van der Waals surface area contributed by atoms with E-state index in [1.807, 2.05) is 71.7 Å². The van der Waals surface area contributed by atoms with Crippen molar-refractivity contribution >= 4 is 45.1 Å². The van der Waals surface area contributed by atoms with Crippen molar-refractivity contribution in [3.05, 3.63) is 102 Å². The Morgan fingerprint density at radius 3 is 2.84 bits per heavy atom. The fourth-order valence-electron chi connectivity index (χ4n) is 4.51. The lowest BCUT2D eigenvalue weighted by Gasteiger charge is -2.10. The van der Waals surface area contributed by atoms with Crippen LogP contribution in [0.4, 0.5) is 15.9 Å². The minimum absolute atomic E-state index is 0.145. The Bertz CT molecular complexity index is 1750. The third-order valence-corrected chi connectivity index (χ3v) is 7.08. The molecule has 1 atom stereocenters. The van der Waals surface area contributed by atoms with Gasteiger partial charge in [0.15, 0.2) is 0 Å². The minimum Gasteiger partial charge on any atom is -0.459 e. The Labute approximate surface area is 222 Å². The highest BCUT2D eigenvalue weighted by atomic mass is 32.2. The van der Waals surface area contributed by atoms with Crippen molar-refractivity contribution in [2.24, 2.45) is 5.73 Å². The first-order valence-corrected chi connectivity index (χ1v) is 13.5. The van der Waals surface area contributed by atoms with Crippen LogP contribution >= 0.6 is 11.8 Å². The van der Waals surface area contributed by atoms with Gasteiger partial charge in [-0.1, -0.05) is 12.1 Å². The predicted molar refractivity (Wildman–Crippen MR) is 151 cm³/mol. The number of halogens is 1. The van der Waals surface area contributed by atoms with Gasteiger partial charge in [-0.15, -0.1) is 0 Å². The van der Waals surface area contributed by atoms with Crippen LogP contribution in [-0.4, -0.2) is 31.8 Å². The van der Waals surface area contributed by atoms with Crippen LogP contribution in [-0.2, 0) is 6.54 Å². The molecule has 0 saturated carbocycles. The van der Waals surface area contributed by atoms with Gasteiger partial charge in [0.05, 0.1) is 29.8 Å². The molecule has 3 heterocycles. The third-order valence-electron chi connectivity index (χ3n) is 6.38. The summed E-state index contributed by atoms with van der Waals surface area (Å²) in [5.41, 5.74) is 10.7. The van der Waals surface area contributed by atoms with Crippen molar-refractivity contribution < 1.29 is 8.81 Å². The zero-order chi connectivity index (χ0) is 26.1. The second-order valence-electron chi connectivity index (χ2n) is 9.05. The number of aromatic nitrogens is 4. The molecule has 0 unspecified atom stereocenters. The monoisotopic (exact) mass is 524 g/mol. The molecule has 0 aliphatic heterocycles. The standard InChI is InChI=1S/C29H25FN6OS/c1-38-16-24(31)28-10-9-27(37-28)19-5-7-25-23(13-19)29(33-17-32-25)35-22-6-8-26-20(12-22)14-34-36(26)15-18-3-2-4-21(30)11-18/h2-14,17,24H,15-16,31H2,1H3,(H,32,33,35)/t24-/m1/s1. The van der Waals surface area contributed by atoms with Gasteiger partial charge in [-0.2, -0.15) is 16.9 Å². The largest absolute Gasteiger partial charge is 0.459 e. The Morgan fingerprint density at radius 2 is 1.97 bits per heavy atom. The molecule has 0 aliphatic rings. The van der Waals surface area contributed by atoms with Gasteiger partial charge >= 0.3 is 0 Å². The van der Waals surface area contributed by atoms with Crippen molar-refractivity contribution in [2.45, 2.75) is 12.6 Å². The van der Waals surface area contributed by atoms with Crippen LogP contribution in [0.3, 0.4) is 0 Å². The summed E-state index contributed by atoms with van der Waals surface area (Å²) in [6.07, 6.45) is 5.39. The summed E-state index contributed by atoms with van der Waals surface area (Å²) < 4.78 is 21.5. The van der Waals surface area contributed by atoms with Gasteiger partial charge in [0.25, 0.3) is 0 Å². The van der Waals surface area contributed by atoms with Crippen LogP contribution in [0.15, 0.2) is 89.7 Å². The first-order valence-electron chi connectivity index (χ1n) is 12.1. The van der Waals surface area contributed by atoms with E-state index in [4.69, 9.17) is 10.2 Å². The van der Waals surface area contributed by atoms with Crippen LogP contribution in [0.1, 0.15) is 17.4 Å². The molecule has 0 aliphatic carbocycles. The van der Waals surface area contributed by atoms with Gasteiger partial charge < -0.3 is 15.5 Å². The van der Waals surface area contributed by atoms with Gasteiger partial charge in [-0.3, -0.25) is 4.68 Å². The van der Waals surface area contributed by atoms with Crippen molar-refractivity contribution in [1.82, 2.24) is 19.7 Å². The number of nitrogens with zero attached hydrogens (tertiary/aromatic N) is 4. The summed E-state index contributed by atoms with van der Waals surface area (Å²) >= 11 is 1.69. The van der Waals surface area contributed by atoms with E-state index in [0.717, 1.165) is 55.9 Å². The lowest BCUT2D eigenvalue weighted by Crippen LogP contribution is -2.11. The van der Waals surface area contributed by atoms with Gasteiger partial charge in [0.2, 0.25) is 0 Å². The molecular formula is C29H25FN6OS. The average molecular weight is 525 g/mol. The number of hydrogen-bond acceptors (Lipinski definition) is 7. The summed E-state index contributed by atoms with van der Waals surface area (Å²) in [6, 6.07) is 22.3. The molecule has 7 nitrogen and oxygen atoms in total. The quantitative estimate of drug-likeness (QED) is 0.234. The average Bonchev–Trinajstić information content (AvgIpc) is 3.57.